The van der Waals surface area contributed by atoms with E-state index in [1.165, 1.54) is 4.31 Å². The summed E-state index contributed by atoms with van der Waals surface area (Å²) in [5.74, 6) is 0.803. The normalized spacial score (nSPS) is 18.9. The molecule has 6 nitrogen and oxygen atoms in total. The van der Waals surface area contributed by atoms with E-state index >= 15 is 0 Å². The predicted molar refractivity (Wildman–Crippen MR) is 69.3 cm³/mol. The minimum Gasteiger partial charge on any atom is -0.384 e. The Bertz CT molecular complexity index is 510. The van der Waals surface area contributed by atoms with Crippen LogP contribution in [-0.2, 0) is 14.8 Å². The average molecular weight is 288 g/mol. The van der Waals surface area contributed by atoms with Crippen LogP contribution in [0.2, 0.25) is 0 Å². The molecule has 2 heterocycles. The molecular formula is C12H20N2O4S. The predicted octanol–water partition coefficient (Wildman–Crippen LogP) is 1.34. The third kappa shape index (κ3) is 2.82. The topological polar surface area (TPSA) is 72.6 Å². The monoisotopic (exact) mass is 288 g/mol. The van der Waals surface area contributed by atoms with Crippen LogP contribution in [0.15, 0.2) is 9.42 Å². The Hall–Kier alpha value is -0.920. The van der Waals surface area contributed by atoms with Gasteiger partial charge in [-0.1, -0.05) is 5.16 Å². The second-order valence-corrected chi connectivity index (χ2v) is 6.83. The van der Waals surface area contributed by atoms with Crippen molar-refractivity contribution in [1.29, 1.82) is 0 Å². The number of aromatic nitrogens is 1. The summed E-state index contributed by atoms with van der Waals surface area (Å²) in [5.41, 5.74) is 0.427. The van der Waals surface area contributed by atoms with E-state index in [1.54, 1.807) is 21.0 Å². The van der Waals surface area contributed by atoms with Gasteiger partial charge in [-0.15, -0.1) is 0 Å². The van der Waals surface area contributed by atoms with Crippen molar-refractivity contribution in [3.05, 3.63) is 11.5 Å². The van der Waals surface area contributed by atoms with Crippen molar-refractivity contribution in [1.82, 2.24) is 9.46 Å². The molecule has 1 aliphatic rings. The molecule has 108 valence electrons. The van der Waals surface area contributed by atoms with Crippen molar-refractivity contribution in [2.45, 2.75) is 31.6 Å². The molecule has 0 spiro atoms. The average Bonchev–Trinajstić information content (AvgIpc) is 2.70. The maximum absolute atomic E-state index is 12.5. The van der Waals surface area contributed by atoms with E-state index in [2.05, 4.69) is 5.16 Å². The first-order chi connectivity index (χ1) is 8.96. The van der Waals surface area contributed by atoms with Crippen molar-refractivity contribution in [3.8, 4) is 0 Å². The number of aryl methyl sites for hydroxylation is 2. The van der Waals surface area contributed by atoms with Gasteiger partial charge in [0.05, 0.1) is 0 Å². The molecule has 0 aromatic carbocycles. The number of methoxy groups -OCH3 is 1. The Kier molecular flexibility index (Phi) is 4.27. The van der Waals surface area contributed by atoms with Crippen LogP contribution in [0, 0.1) is 19.8 Å². The third-order valence-electron chi connectivity index (χ3n) is 3.54. The lowest BCUT2D eigenvalue weighted by Crippen LogP contribution is -2.39. The minimum absolute atomic E-state index is 0.220. The fourth-order valence-electron chi connectivity index (χ4n) is 2.52. The molecule has 0 aliphatic carbocycles. The Morgan fingerprint density at radius 3 is 2.47 bits per heavy atom. The zero-order valence-electron chi connectivity index (χ0n) is 11.5. The fraction of sp³-hybridized carbons (Fsp3) is 0.750. The summed E-state index contributed by atoms with van der Waals surface area (Å²) in [4.78, 5) is 0.220. The number of ether oxygens (including phenoxy) is 1. The van der Waals surface area contributed by atoms with E-state index in [9.17, 15) is 8.42 Å². The third-order valence-corrected chi connectivity index (χ3v) is 5.69. The van der Waals surface area contributed by atoms with Crippen molar-refractivity contribution < 1.29 is 17.7 Å². The molecule has 0 amide bonds. The zero-order chi connectivity index (χ0) is 14.0. The van der Waals surface area contributed by atoms with Gasteiger partial charge in [-0.3, -0.25) is 0 Å². The van der Waals surface area contributed by atoms with Crippen LogP contribution in [0.3, 0.4) is 0 Å². The standard InChI is InChI=1S/C12H20N2O4S/c1-9-12(10(2)18-13-9)19(15,16)14-6-4-11(5-7-14)8-17-3/h11H,4-8H2,1-3H3. The van der Waals surface area contributed by atoms with Crippen LogP contribution in [0.25, 0.3) is 0 Å². The largest absolute Gasteiger partial charge is 0.384 e. The molecule has 7 heteroatoms. The molecule has 1 saturated heterocycles. The highest BCUT2D eigenvalue weighted by Crippen LogP contribution is 2.27. The number of hydrogen-bond donors (Lipinski definition) is 0. The minimum atomic E-state index is -3.48. The summed E-state index contributed by atoms with van der Waals surface area (Å²) in [6.07, 6.45) is 1.66. The summed E-state index contributed by atoms with van der Waals surface area (Å²) in [6, 6.07) is 0. The van der Waals surface area contributed by atoms with Crippen molar-refractivity contribution >= 4 is 10.0 Å². The Balaban J connectivity index is 2.15. The lowest BCUT2D eigenvalue weighted by Gasteiger charge is -2.30. The first-order valence-electron chi connectivity index (χ1n) is 6.38. The Labute approximate surface area is 113 Å². The molecule has 1 aromatic heterocycles. The maximum atomic E-state index is 12.5. The maximum Gasteiger partial charge on any atom is 0.248 e. The first kappa shape index (κ1) is 14.5. The van der Waals surface area contributed by atoms with Crippen LogP contribution < -0.4 is 0 Å². The molecular weight excluding hydrogens is 268 g/mol. The Morgan fingerprint density at radius 1 is 1.37 bits per heavy atom. The van der Waals surface area contributed by atoms with E-state index < -0.39 is 10.0 Å². The second kappa shape index (κ2) is 5.60. The number of nitrogens with zero attached hydrogens (tertiary/aromatic N) is 2. The van der Waals surface area contributed by atoms with Gasteiger partial charge in [-0.2, -0.15) is 4.31 Å². The molecule has 1 aromatic rings. The van der Waals surface area contributed by atoms with Crippen LogP contribution >= 0.6 is 0 Å². The van der Waals surface area contributed by atoms with Gasteiger partial charge < -0.3 is 9.26 Å². The molecule has 0 saturated carbocycles. The molecule has 0 unspecified atom stereocenters. The van der Waals surface area contributed by atoms with E-state index in [0.29, 0.717) is 37.1 Å². The van der Waals surface area contributed by atoms with Gasteiger partial charge in [0.15, 0.2) is 5.76 Å². The van der Waals surface area contributed by atoms with Gasteiger partial charge in [0.25, 0.3) is 0 Å². The molecule has 0 radical (unpaired) electrons. The van der Waals surface area contributed by atoms with Crippen molar-refractivity contribution in [2.75, 3.05) is 26.8 Å². The van der Waals surface area contributed by atoms with Gasteiger partial charge >= 0.3 is 0 Å². The number of piperidine rings is 1. The molecule has 19 heavy (non-hydrogen) atoms. The van der Waals surface area contributed by atoms with Gasteiger partial charge in [-0.25, -0.2) is 8.42 Å². The van der Waals surface area contributed by atoms with Crippen LogP contribution in [0.4, 0.5) is 0 Å². The zero-order valence-corrected chi connectivity index (χ0v) is 12.4. The first-order valence-corrected chi connectivity index (χ1v) is 7.82. The summed E-state index contributed by atoms with van der Waals surface area (Å²) in [6.45, 7) is 5.03. The van der Waals surface area contributed by atoms with Crippen LogP contribution in [0.5, 0.6) is 0 Å². The summed E-state index contributed by atoms with van der Waals surface area (Å²) in [7, 11) is -1.81. The molecule has 1 fully saturated rings. The van der Waals surface area contributed by atoms with Crippen LogP contribution in [0.1, 0.15) is 24.3 Å². The van der Waals surface area contributed by atoms with Gasteiger partial charge in [0.1, 0.15) is 10.6 Å². The highest BCUT2D eigenvalue weighted by molar-refractivity contribution is 7.89. The van der Waals surface area contributed by atoms with Crippen molar-refractivity contribution in [2.24, 2.45) is 5.92 Å². The van der Waals surface area contributed by atoms with Gasteiger partial charge in [-0.05, 0) is 32.6 Å². The lowest BCUT2D eigenvalue weighted by atomic mass is 9.99. The summed E-state index contributed by atoms with van der Waals surface area (Å²) >= 11 is 0. The van der Waals surface area contributed by atoms with Crippen LogP contribution in [-0.4, -0.2) is 44.7 Å². The number of hydrogen-bond acceptors (Lipinski definition) is 5. The summed E-state index contributed by atoms with van der Waals surface area (Å²) in [5, 5.41) is 3.72. The second-order valence-electron chi connectivity index (χ2n) is 4.96. The molecule has 1 aliphatic heterocycles. The quantitative estimate of drug-likeness (QED) is 0.836. The lowest BCUT2D eigenvalue weighted by molar-refractivity contribution is 0.121. The van der Waals surface area contributed by atoms with Gasteiger partial charge in [0, 0.05) is 26.8 Å². The SMILES string of the molecule is COCC1CCN(S(=O)(=O)c2c(C)noc2C)CC1. The molecule has 2 rings (SSSR count). The Morgan fingerprint density at radius 2 is 2.00 bits per heavy atom. The van der Waals surface area contributed by atoms with E-state index in [-0.39, 0.29) is 4.90 Å². The van der Waals surface area contributed by atoms with Crippen molar-refractivity contribution in [3.63, 3.8) is 0 Å². The highest BCUT2D eigenvalue weighted by Gasteiger charge is 2.33. The number of rotatable bonds is 4. The molecule has 0 N–H and O–H groups in total. The molecule has 0 bridgehead atoms. The highest BCUT2D eigenvalue weighted by atomic mass is 32.2. The smallest absolute Gasteiger partial charge is 0.248 e. The number of sulfonamides is 1. The van der Waals surface area contributed by atoms with E-state index in [1.807, 2.05) is 0 Å². The fourth-order valence-corrected chi connectivity index (χ4v) is 4.28. The van der Waals surface area contributed by atoms with Gasteiger partial charge in [0.2, 0.25) is 10.0 Å². The van der Waals surface area contributed by atoms with E-state index in [4.69, 9.17) is 9.26 Å². The summed E-state index contributed by atoms with van der Waals surface area (Å²) < 4.78 is 36.7. The van der Waals surface area contributed by atoms with E-state index in [0.717, 1.165) is 12.8 Å². The molecule has 0 atom stereocenters.